The zero-order chi connectivity index (χ0) is 30.3. The van der Waals surface area contributed by atoms with Gasteiger partial charge in [-0.05, 0) is 91.6 Å². The molecule has 2 aromatic carbocycles. The molecule has 0 spiro atoms. The van der Waals surface area contributed by atoms with E-state index < -0.39 is 43.2 Å². The van der Waals surface area contributed by atoms with E-state index in [9.17, 15) is 17.2 Å². The molecule has 0 radical (unpaired) electrons. The van der Waals surface area contributed by atoms with Gasteiger partial charge in [-0.15, -0.1) is 0 Å². The van der Waals surface area contributed by atoms with E-state index in [1.807, 2.05) is 6.07 Å². The highest BCUT2D eigenvalue weighted by molar-refractivity contribution is 7.89. The normalized spacial score (nSPS) is 19.4. The van der Waals surface area contributed by atoms with Crippen LogP contribution in [0.3, 0.4) is 0 Å². The fourth-order valence-corrected chi connectivity index (χ4v) is 7.80. The summed E-state index contributed by atoms with van der Waals surface area (Å²) in [4.78, 5) is -0.529. The van der Waals surface area contributed by atoms with E-state index in [1.54, 1.807) is 0 Å². The summed E-state index contributed by atoms with van der Waals surface area (Å²) >= 11 is 0. The van der Waals surface area contributed by atoms with Crippen molar-refractivity contribution in [3.05, 3.63) is 53.6 Å². The van der Waals surface area contributed by atoms with Gasteiger partial charge in [0, 0.05) is 18.2 Å². The average molecular weight is 612 g/mol. The summed E-state index contributed by atoms with van der Waals surface area (Å²) in [5.74, 6) is -0.0148. The van der Waals surface area contributed by atoms with Gasteiger partial charge in [-0.1, -0.05) is 47.6 Å². The number of hydrogen-bond donors (Lipinski definition) is 1. The Bertz CT molecular complexity index is 1310. The van der Waals surface area contributed by atoms with Crippen molar-refractivity contribution in [2.24, 2.45) is 0 Å². The van der Waals surface area contributed by atoms with Gasteiger partial charge < -0.3 is 8.85 Å². The molecule has 1 aliphatic carbocycles. The molecular formula is C30H47F2NO4SSi2. The maximum atomic E-state index is 14.2. The minimum absolute atomic E-state index is 0.0200. The van der Waals surface area contributed by atoms with Crippen LogP contribution in [0.15, 0.2) is 41.3 Å². The van der Waals surface area contributed by atoms with Gasteiger partial charge in [0.15, 0.2) is 0 Å². The van der Waals surface area contributed by atoms with Gasteiger partial charge in [0.2, 0.25) is 26.7 Å². The van der Waals surface area contributed by atoms with Crippen LogP contribution in [-0.4, -0.2) is 31.1 Å². The predicted molar refractivity (Wildman–Crippen MR) is 164 cm³/mol. The Kier molecular flexibility index (Phi) is 9.41. The molecule has 0 atom stereocenters. The van der Waals surface area contributed by atoms with Crippen molar-refractivity contribution >= 4 is 26.7 Å². The summed E-state index contributed by atoms with van der Waals surface area (Å²) < 4.78 is 69.2. The zero-order valence-corrected chi connectivity index (χ0v) is 28.6. The Morgan fingerprint density at radius 1 is 0.800 bits per heavy atom. The van der Waals surface area contributed by atoms with Crippen LogP contribution in [0, 0.1) is 11.6 Å². The molecule has 0 aliphatic heterocycles. The quantitative estimate of drug-likeness (QED) is 0.303. The first-order valence-corrected chi connectivity index (χ1v) is 21.4. The van der Waals surface area contributed by atoms with Gasteiger partial charge in [-0.2, -0.15) is 0 Å². The number of benzene rings is 2. The molecular weight excluding hydrogens is 565 g/mol. The number of hydrogen-bond acceptors (Lipinski definition) is 4. The van der Waals surface area contributed by atoms with Gasteiger partial charge in [0.05, 0.1) is 0 Å². The summed E-state index contributed by atoms with van der Waals surface area (Å²) in [6, 6.07) is 8.41. The second kappa shape index (κ2) is 11.5. The lowest BCUT2D eigenvalue weighted by Crippen LogP contribution is -2.44. The highest BCUT2D eigenvalue weighted by atomic mass is 32.2. The second-order valence-electron chi connectivity index (χ2n) is 14.2. The lowest BCUT2D eigenvalue weighted by Gasteiger charge is -2.39. The lowest BCUT2D eigenvalue weighted by atomic mass is 9.81. The first kappa shape index (κ1) is 32.8. The average Bonchev–Trinajstić information content (AvgIpc) is 2.77. The van der Waals surface area contributed by atoms with Crippen LogP contribution in [0.25, 0.3) is 0 Å². The van der Waals surface area contributed by atoms with Crippen LogP contribution in [0.4, 0.5) is 8.78 Å². The predicted octanol–water partition coefficient (Wildman–Crippen LogP) is 8.74. The molecule has 1 fully saturated rings. The Morgan fingerprint density at radius 3 is 1.88 bits per heavy atom. The van der Waals surface area contributed by atoms with Crippen molar-refractivity contribution in [2.75, 3.05) is 0 Å². The van der Waals surface area contributed by atoms with Gasteiger partial charge in [-0.25, -0.2) is 21.9 Å². The topological polar surface area (TPSA) is 64.6 Å². The third-order valence-corrected chi connectivity index (χ3v) is 19.3. The van der Waals surface area contributed by atoms with Crippen LogP contribution in [0.2, 0.25) is 36.3 Å². The highest BCUT2D eigenvalue weighted by Crippen LogP contribution is 2.45. The molecule has 40 heavy (non-hydrogen) atoms. The third kappa shape index (κ3) is 7.55. The molecule has 0 unspecified atom stereocenters. The summed E-state index contributed by atoms with van der Waals surface area (Å²) in [5.41, 5.74) is 1.12. The molecule has 2 aromatic rings. The monoisotopic (exact) mass is 611 g/mol. The molecule has 1 aliphatic rings. The largest absolute Gasteiger partial charge is 0.543 e. The molecule has 0 heterocycles. The van der Waals surface area contributed by atoms with Crippen molar-refractivity contribution < 1.29 is 26.1 Å². The van der Waals surface area contributed by atoms with E-state index in [0.717, 1.165) is 42.0 Å². The van der Waals surface area contributed by atoms with Crippen LogP contribution in [-0.2, 0) is 10.0 Å². The summed E-state index contributed by atoms with van der Waals surface area (Å²) in [6.07, 6.45) is 2.73. The number of sulfonamides is 1. The van der Waals surface area contributed by atoms with E-state index in [4.69, 9.17) is 8.85 Å². The fourth-order valence-electron chi connectivity index (χ4n) is 4.38. The van der Waals surface area contributed by atoms with E-state index >= 15 is 0 Å². The number of rotatable bonds is 8. The van der Waals surface area contributed by atoms with Crippen LogP contribution >= 0.6 is 0 Å². The van der Waals surface area contributed by atoms with E-state index in [-0.39, 0.29) is 22.0 Å². The van der Waals surface area contributed by atoms with Crippen molar-refractivity contribution in [1.29, 1.82) is 0 Å². The Morgan fingerprint density at radius 2 is 1.35 bits per heavy atom. The van der Waals surface area contributed by atoms with E-state index in [1.165, 1.54) is 0 Å². The maximum absolute atomic E-state index is 14.2. The first-order valence-electron chi connectivity index (χ1n) is 14.1. The third-order valence-electron chi connectivity index (χ3n) is 9.01. The van der Waals surface area contributed by atoms with Crippen molar-refractivity contribution in [1.82, 2.24) is 4.72 Å². The second-order valence-corrected chi connectivity index (χ2v) is 25.3. The molecule has 0 amide bonds. The van der Waals surface area contributed by atoms with Gasteiger partial charge in [0.25, 0.3) is 0 Å². The standard InChI is InChI=1S/C30H47F2NO4SSi2/c1-29(2,3)39(7,8)36-24-16-17-25(27(20-24)37-40(9,10)30(4,5)6)21-11-14-23(15-12-21)33-38(34,35)28-18-13-22(31)19-26(28)32/h13,16-21,23,33H,11-12,14-15H2,1-10H3. The fraction of sp³-hybridized carbons (Fsp3) is 0.600. The lowest BCUT2D eigenvalue weighted by molar-refractivity contribution is 0.366. The first-order chi connectivity index (χ1) is 18.1. The molecule has 224 valence electrons. The highest BCUT2D eigenvalue weighted by Gasteiger charge is 2.41. The SMILES string of the molecule is CC(C)(C)[Si](C)(C)Oc1ccc(C2CCC(NS(=O)(=O)c3ccc(F)cc3F)CC2)c(O[Si](C)(C)C(C)(C)C)c1. The molecule has 5 nitrogen and oxygen atoms in total. The Hall–Kier alpha value is -1.76. The maximum Gasteiger partial charge on any atom is 0.250 e. The summed E-state index contributed by atoms with van der Waals surface area (Å²) in [7, 11) is -8.29. The molecule has 10 heteroatoms. The van der Waals surface area contributed by atoms with E-state index in [2.05, 4.69) is 84.6 Å². The van der Waals surface area contributed by atoms with Crippen LogP contribution < -0.4 is 13.6 Å². The molecule has 0 aromatic heterocycles. The van der Waals surface area contributed by atoms with Gasteiger partial charge >= 0.3 is 0 Å². The van der Waals surface area contributed by atoms with Crippen molar-refractivity contribution in [3.63, 3.8) is 0 Å². The number of halogens is 2. The molecule has 1 saturated carbocycles. The van der Waals surface area contributed by atoms with Crippen molar-refractivity contribution in [2.45, 2.75) is 120 Å². The molecule has 1 N–H and O–H groups in total. The number of nitrogens with one attached hydrogen (secondary N) is 1. The summed E-state index contributed by atoms with van der Waals surface area (Å²) in [6.45, 7) is 22.2. The smallest absolute Gasteiger partial charge is 0.250 e. The minimum Gasteiger partial charge on any atom is -0.543 e. The molecule has 3 rings (SSSR count). The Labute approximate surface area is 242 Å². The van der Waals surface area contributed by atoms with Crippen molar-refractivity contribution in [3.8, 4) is 11.5 Å². The molecule has 0 bridgehead atoms. The molecule has 0 saturated heterocycles. The van der Waals surface area contributed by atoms with Crippen LogP contribution in [0.5, 0.6) is 11.5 Å². The summed E-state index contributed by atoms with van der Waals surface area (Å²) in [5, 5.41) is 0.0841. The Balaban J connectivity index is 1.83. The minimum atomic E-state index is -4.10. The van der Waals surface area contributed by atoms with Gasteiger partial charge in [-0.3, -0.25) is 0 Å². The van der Waals surface area contributed by atoms with E-state index in [0.29, 0.717) is 18.9 Å². The van der Waals surface area contributed by atoms with Crippen LogP contribution in [0.1, 0.15) is 78.7 Å². The zero-order valence-electron chi connectivity index (χ0n) is 25.7. The van der Waals surface area contributed by atoms with Gasteiger partial charge in [0.1, 0.15) is 28.0 Å².